The number of carbonyl (C=O) groups is 4. The molecule has 3 aliphatic heterocycles. The number of ether oxygens (including phenoxy) is 10. The van der Waals surface area contributed by atoms with Crippen molar-refractivity contribution in [3.8, 4) is 0 Å². The van der Waals surface area contributed by atoms with E-state index in [-0.39, 0.29) is 30.9 Å². The van der Waals surface area contributed by atoms with Crippen LogP contribution in [-0.2, 0) is 70.2 Å². The lowest BCUT2D eigenvalue weighted by Gasteiger charge is -2.47. The molecule has 0 saturated carbocycles. The first-order valence-electron chi connectivity index (χ1n) is 19.7. The molecular weight excluding hydrogens is 776 g/mol. The minimum Gasteiger partial charge on any atom is -0.467 e. The zero-order valence-corrected chi connectivity index (χ0v) is 33.7. The summed E-state index contributed by atoms with van der Waals surface area (Å²) in [6, 6.07) is 35.1. The van der Waals surface area contributed by atoms with Crippen LogP contribution in [0.5, 0.6) is 0 Å². The molecule has 0 radical (unpaired) electrons. The third-order valence-electron chi connectivity index (χ3n) is 10.2. The second-order valence-electron chi connectivity index (χ2n) is 15.5. The molecule has 14 nitrogen and oxygen atoms in total. The highest BCUT2D eigenvalue weighted by Gasteiger charge is 2.60. The van der Waals surface area contributed by atoms with Crippen LogP contribution in [0, 0.1) is 5.41 Å². The van der Waals surface area contributed by atoms with Gasteiger partial charge in [0.05, 0.1) is 43.5 Å². The van der Waals surface area contributed by atoms with Gasteiger partial charge in [-0.1, -0.05) is 97.1 Å². The van der Waals surface area contributed by atoms with Crippen LogP contribution in [0.15, 0.2) is 121 Å². The van der Waals surface area contributed by atoms with Crippen LogP contribution in [0.25, 0.3) is 0 Å². The van der Waals surface area contributed by atoms with Gasteiger partial charge < -0.3 is 47.4 Å². The van der Waals surface area contributed by atoms with Crippen molar-refractivity contribution in [1.82, 2.24) is 0 Å². The smallest absolute Gasteiger partial charge is 0.338 e. The van der Waals surface area contributed by atoms with E-state index in [0.29, 0.717) is 0 Å². The van der Waals surface area contributed by atoms with Crippen molar-refractivity contribution in [1.29, 1.82) is 0 Å². The Bertz CT molecular complexity index is 2040. The minimum atomic E-state index is -1.60. The predicted octanol–water partition coefficient (Wildman–Crippen LogP) is 5.60. The van der Waals surface area contributed by atoms with Crippen molar-refractivity contribution in [2.75, 3.05) is 13.7 Å². The highest BCUT2D eigenvalue weighted by molar-refractivity contribution is 5.90. The van der Waals surface area contributed by atoms with Gasteiger partial charge in [-0.15, -0.1) is 0 Å². The van der Waals surface area contributed by atoms with E-state index in [1.54, 1.807) is 81.4 Å². The fraction of sp³-hybridized carbons (Fsp3) is 0.391. The molecule has 0 unspecified atom stereocenters. The van der Waals surface area contributed by atoms with E-state index in [2.05, 4.69) is 0 Å². The molecule has 3 heterocycles. The number of benzene rings is 4. The Kier molecular flexibility index (Phi) is 13.7. The van der Waals surface area contributed by atoms with Crippen LogP contribution in [-0.4, -0.2) is 99.0 Å². The Morgan fingerprint density at radius 3 is 1.60 bits per heavy atom. The van der Waals surface area contributed by atoms with Crippen molar-refractivity contribution in [2.24, 2.45) is 5.41 Å². The standard InChI is InChI=1S/C46H48O14/c1-46(2,3)45(50)60-38-35(53-26-29-19-11-6-12-20-29)34(52-25-28-17-9-5-10-18-28)37(42(49)51-4)59-44(38)58-33-32-27-54-43(55-32)39(57-41(48)31-23-15-8-16-24-31)36(33)56-40(47)30-21-13-7-14-22-30/h5-24,32-39,43-44H,25-27H2,1-4H3/t32-,33-,34+,35+,36+,37+,38-,39-,43-,44-/m1/s1. The van der Waals surface area contributed by atoms with E-state index in [9.17, 15) is 19.2 Å². The van der Waals surface area contributed by atoms with Crippen molar-refractivity contribution in [3.05, 3.63) is 144 Å². The third-order valence-corrected chi connectivity index (χ3v) is 10.2. The number of esters is 4. The van der Waals surface area contributed by atoms with Crippen molar-refractivity contribution in [3.63, 3.8) is 0 Å². The fourth-order valence-electron chi connectivity index (χ4n) is 7.00. The summed E-state index contributed by atoms with van der Waals surface area (Å²) in [6.45, 7) is 5.04. The maximum atomic E-state index is 13.9. The average Bonchev–Trinajstić information content (AvgIpc) is 3.71. The third kappa shape index (κ3) is 10.1. The second kappa shape index (κ2) is 19.3. The lowest BCUT2D eigenvalue weighted by molar-refractivity contribution is -0.342. The summed E-state index contributed by atoms with van der Waals surface area (Å²) in [5.41, 5.74) is 1.00. The first-order valence-corrected chi connectivity index (χ1v) is 19.7. The van der Waals surface area contributed by atoms with Gasteiger partial charge in [0.15, 0.2) is 37.0 Å². The normalized spacial score (nSPS) is 27.3. The van der Waals surface area contributed by atoms with Gasteiger partial charge in [-0.2, -0.15) is 0 Å². The summed E-state index contributed by atoms with van der Waals surface area (Å²) in [5.74, 6) is -2.94. The zero-order chi connectivity index (χ0) is 42.2. The Balaban J connectivity index is 1.28. The lowest BCUT2D eigenvalue weighted by atomic mass is 9.94. The number of methoxy groups -OCH3 is 1. The number of rotatable bonds is 14. The van der Waals surface area contributed by atoms with Gasteiger partial charge in [-0.3, -0.25) is 4.79 Å². The van der Waals surface area contributed by atoms with Gasteiger partial charge in [0.2, 0.25) is 0 Å². The van der Waals surface area contributed by atoms with Crippen LogP contribution < -0.4 is 0 Å². The van der Waals surface area contributed by atoms with Gasteiger partial charge in [-0.25, -0.2) is 14.4 Å². The highest BCUT2D eigenvalue weighted by Crippen LogP contribution is 2.39. The molecule has 0 aliphatic carbocycles. The lowest BCUT2D eigenvalue weighted by Crippen LogP contribution is -2.66. The van der Waals surface area contributed by atoms with E-state index >= 15 is 0 Å². The van der Waals surface area contributed by atoms with Crippen molar-refractivity contribution < 1.29 is 66.5 Å². The van der Waals surface area contributed by atoms with E-state index < -0.39 is 90.7 Å². The molecule has 0 N–H and O–H groups in total. The first kappa shape index (κ1) is 42.6. The van der Waals surface area contributed by atoms with Gasteiger partial charge in [0, 0.05) is 0 Å². The van der Waals surface area contributed by atoms with E-state index in [4.69, 9.17) is 47.4 Å². The number of hydrogen-bond donors (Lipinski definition) is 0. The molecule has 3 fully saturated rings. The molecule has 2 bridgehead atoms. The van der Waals surface area contributed by atoms with Crippen LogP contribution in [0.2, 0.25) is 0 Å². The molecule has 4 aromatic carbocycles. The molecule has 60 heavy (non-hydrogen) atoms. The molecule has 7 rings (SSSR count). The Morgan fingerprint density at radius 2 is 1.08 bits per heavy atom. The Labute approximate surface area is 347 Å². The summed E-state index contributed by atoms with van der Waals surface area (Å²) in [7, 11) is 1.21. The van der Waals surface area contributed by atoms with E-state index in [0.717, 1.165) is 11.1 Å². The van der Waals surface area contributed by atoms with Crippen LogP contribution >= 0.6 is 0 Å². The quantitative estimate of drug-likeness (QED) is 0.114. The van der Waals surface area contributed by atoms with Gasteiger partial charge in [0.1, 0.15) is 24.4 Å². The maximum absolute atomic E-state index is 13.9. The molecule has 14 heteroatoms. The number of carbonyl (C=O) groups excluding carboxylic acids is 4. The summed E-state index contributed by atoms with van der Waals surface area (Å²) in [6.07, 6.45) is -13.0. The molecule has 0 spiro atoms. The molecule has 316 valence electrons. The molecule has 3 saturated heterocycles. The summed E-state index contributed by atoms with van der Waals surface area (Å²) in [4.78, 5) is 54.9. The SMILES string of the molecule is COC(=O)[C@H]1O[C@@H](O[C@H]2[C@H](OC(=O)c3ccccc3)[C@@H](OC(=O)c3ccccc3)[C@@H]3OC[C@H]2O3)[C@H](OC(=O)C(C)(C)C)[C@@H](OCc2ccccc2)[C@@H]1OCc1ccccc1. The maximum Gasteiger partial charge on any atom is 0.338 e. The number of fused-ring (bicyclic) bond motifs is 2. The highest BCUT2D eigenvalue weighted by atomic mass is 16.8. The molecular formula is C46H48O14. The van der Waals surface area contributed by atoms with Crippen molar-refractivity contribution in [2.45, 2.75) is 95.4 Å². The van der Waals surface area contributed by atoms with Gasteiger partial charge >= 0.3 is 23.9 Å². The van der Waals surface area contributed by atoms with Crippen LogP contribution in [0.1, 0.15) is 52.6 Å². The van der Waals surface area contributed by atoms with Gasteiger partial charge in [-0.05, 0) is 56.2 Å². The monoisotopic (exact) mass is 824 g/mol. The summed E-state index contributed by atoms with van der Waals surface area (Å²) >= 11 is 0. The summed E-state index contributed by atoms with van der Waals surface area (Å²) < 4.78 is 62.1. The fourth-order valence-corrected chi connectivity index (χ4v) is 7.00. The van der Waals surface area contributed by atoms with Crippen LogP contribution in [0.3, 0.4) is 0 Å². The van der Waals surface area contributed by atoms with E-state index in [1.165, 1.54) is 7.11 Å². The molecule has 0 amide bonds. The number of hydrogen-bond acceptors (Lipinski definition) is 14. The zero-order valence-electron chi connectivity index (χ0n) is 33.7. The van der Waals surface area contributed by atoms with Crippen molar-refractivity contribution >= 4 is 23.9 Å². The largest absolute Gasteiger partial charge is 0.467 e. The van der Waals surface area contributed by atoms with E-state index in [1.807, 2.05) is 60.7 Å². The minimum absolute atomic E-state index is 0.0143. The second-order valence-corrected chi connectivity index (χ2v) is 15.5. The topological polar surface area (TPSA) is 161 Å². The average molecular weight is 825 g/mol. The molecule has 3 aliphatic rings. The predicted molar refractivity (Wildman–Crippen MR) is 211 cm³/mol. The Morgan fingerprint density at radius 1 is 0.583 bits per heavy atom. The molecule has 0 aromatic heterocycles. The van der Waals surface area contributed by atoms with Gasteiger partial charge in [0.25, 0.3) is 0 Å². The molecule has 4 aromatic rings. The summed E-state index contributed by atoms with van der Waals surface area (Å²) in [5, 5.41) is 0. The van der Waals surface area contributed by atoms with Crippen LogP contribution in [0.4, 0.5) is 0 Å². The Hall–Kier alpha value is -5.48. The first-order chi connectivity index (χ1) is 29.0. The molecule has 10 atom stereocenters.